The molecule has 0 aromatic heterocycles. The van der Waals surface area contributed by atoms with Crippen molar-refractivity contribution in [3.63, 3.8) is 0 Å². The van der Waals surface area contributed by atoms with Gasteiger partial charge in [0.25, 0.3) is 0 Å². The largest absolute Gasteiger partial charge is 0.336 e. The highest BCUT2D eigenvalue weighted by Gasteiger charge is 2.30. The molecule has 2 heterocycles. The van der Waals surface area contributed by atoms with Gasteiger partial charge in [-0.1, -0.05) is 12.1 Å². The molecule has 0 saturated carbocycles. The molecule has 1 aromatic rings. The highest BCUT2D eigenvalue weighted by molar-refractivity contribution is 5.93. The highest BCUT2D eigenvalue weighted by atomic mass is 16.2. The zero-order valence-electron chi connectivity index (χ0n) is 18.4. The summed E-state index contributed by atoms with van der Waals surface area (Å²) in [5, 5.41) is 3.04. The Bertz CT molecular complexity index is 718. The summed E-state index contributed by atoms with van der Waals surface area (Å²) in [4.78, 5) is 31.8. The van der Waals surface area contributed by atoms with E-state index in [0.717, 1.165) is 50.3 Å². The molecule has 6 nitrogen and oxygen atoms in total. The molecule has 2 aliphatic rings. The standard InChI is InChI=1S/C23H36N4O2/c1-17-7-5-10-21(20(17)4)24-22(28)15-25-11-13-26(14-12-25)16-23(29)27-18(2)8-6-9-19(27)3/h5,7,10,18-19H,6,8-9,11-16H2,1-4H3,(H,24,28)/t18-,19-/m1/s1. The Hall–Kier alpha value is -1.92. The average Bonchev–Trinajstić information content (AvgIpc) is 2.67. The second-order valence-corrected chi connectivity index (χ2v) is 8.78. The molecule has 0 aliphatic carbocycles. The van der Waals surface area contributed by atoms with Crippen molar-refractivity contribution in [1.29, 1.82) is 0 Å². The van der Waals surface area contributed by atoms with Crippen molar-refractivity contribution in [2.24, 2.45) is 0 Å². The van der Waals surface area contributed by atoms with Gasteiger partial charge in [-0.25, -0.2) is 0 Å². The normalized spacial score (nSPS) is 23.8. The van der Waals surface area contributed by atoms with Gasteiger partial charge in [-0.15, -0.1) is 0 Å². The van der Waals surface area contributed by atoms with E-state index >= 15 is 0 Å². The molecule has 2 amide bonds. The van der Waals surface area contributed by atoms with Crippen molar-refractivity contribution in [2.45, 2.75) is 59.0 Å². The molecule has 1 N–H and O–H groups in total. The first kappa shape index (κ1) is 21.8. The maximum absolute atomic E-state index is 12.8. The average molecular weight is 401 g/mol. The smallest absolute Gasteiger partial charge is 0.238 e. The first-order chi connectivity index (χ1) is 13.8. The molecule has 2 fully saturated rings. The summed E-state index contributed by atoms with van der Waals surface area (Å²) >= 11 is 0. The molecule has 0 spiro atoms. The first-order valence-corrected chi connectivity index (χ1v) is 11.0. The van der Waals surface area contributed by atoms with Gasteiger partial charge in [0.1, 0.15) is 0 Å². The van der Waals surface area contributed by atoms with Crippen molar-refractivity contribution in [2.75, 3.05) is 44.6 Å². The lowest BCUT2D eigenvalue weighted by Gasteiger charge is -2.41. The maximum atomic E-state index is 12.8. The number of aryl methyl sites for hydroxylation is 1. The molecule has 2 aliphatic heterocycles. The van der Waals surface area contributed by atoms with Crippen LogP contribution < -0.4 is 5.32 Å². The summed E-state index contributed by atoms with van der Waals surface area (Å²) in [6.07, 6.45) is 3.44. The van der Waals surface area contributed by atoms with Crippen LogP contribution in [0.1, 0.15) is 44.2 Å². The molecule has 0 radical (unpaired) electrons. The SMILES string of the molecule is Cc1cccc(NC(=O)CN2CCN(CC(=O)N3[C@H](C)CCC[C@H]3C)CC2)c1C. The molecule has 2 saturated heterocycles. The molecule has 0 unspecified atom stereocenters. The van der Waals surface area contributed by atoms with Gasteiger partial charge in [-0.3, -0.25) is 19.4 Å². The van der Waals surface area contributed by atoms with Crippen LogP contribution in [-0.2, 0) is 9.59 Å². The Kier molecular flexibility index (Phi) is 7.30. The van der Waals surface area contributed by atoms with Gasteiger partial charge >= 0.3 is 0 Å². The van der Waals surface area contributed by atoms with Crippen LogP contribution in [-0.4, -0.2) is 77.9 Å². The topological polar surface area (TPSA) is 55.9 Å². The van der Waals surface area contributed by atoms with Gasteiger partial charge in [0.05, 0.1) is 13.1 Å². The van der Waals surface area contributed by atoms with E-state index in [1.165, 1.54) is 12.0 Å². The van der Waals surface area contributed by atoms with E-state index in [9.17, 15) is 9.59 Å². The van der Waals surface area contributed by atoms with E-state index in [1.807, 2.05) is 19.1 Å². The number of carbonyl (C=O) groups excluding carboxylic acids is 2. The van der Waals surface area contributed by atoms with Crippen molar-refractivity contribution < 1.29 is 9.59 Å². The molecule has 3 rings (SSSR count). The van der Waals surface area contributed by atoms with E-state index in [-0.39, 0.29) is 11.8 Å². The maximum Gasteiger partial charge on any atom is 0.238 e. The lowest BCUT2D eigenvalue weighted by molar-refractivity contribution is -0.139. The Morgan fingerprint density at radius 1 is 0.966 bits per heavy atom. The van der Waals surface area contributed by atoms with Gasteiger partial charge in [0, 0.05) is 44.0 Å². The van der Waals surface area contributed by atoms with E-state index in [2.05, 4.69) is 46.9 Å². The minimum Gasteiger partial charge on any atom is -0.336 e. The predicted molar refractivity (Wildman–Crippen MR) is 117 cm³/mol. The number of carbonyl (C=O) groups is 2. The number of rotatable bonds is 5. The number of hydrogen-bond acceptors (Lipinski definition) is 4. The van der Waals surface area contributed by atoms with Crippen LogP contribution in [0.2, 0.25) is 0 Å². The van der Waals surface area contributed by atoms with Crippen LogP contribution in [0.4, 0.5) is 5.69 Å². The Labute approximate surface area is 175 Å². The van der Waals surface area contributed by atoms with Crippen molar-refractivity contribution in [3.05, 3.63) is 29.3 Å². The lowest BCUT2D eigenvalue weighted by Crippen LogP contribution is -2.54. The van der Waals surface area contributed by atoms with Crippen LogP contribution in [0.5, 0.6) is 0 Å². The van der Waals surface area contributed by atoms with Gasteiger partial charge in [0.2, 0.25) is 11.8 Å². The number of nitrogens with zero attached hydrogens (tertiary/aromatic N) is 3. The summed E-state index contributed by atoms with van der Waals surface area (Å²) in [6, 6.07) is 6.67. The fraction of sp³-hybridized carbons (Fsp3) is 0.652. The van der Waals surface area contributed by atoms with Gasteiger partial charge < -0.3 is 10.2 Å². The van der Waals surface area contributed by atoms with Crippen molar-refractivity contribution in [3.8, 4) is 0 Å². The highest BCUT2D eigenvalue weighted by Crippen LogP contribution is 2.23. The second kappa shape index (κ2) is 9.72. The number of anilines is 1. The molecule has 29 heavy (non-hydrogen) atoms. The van der Waals surface area contributed by atoms with E-state index in [1.54, 1.807) is 0 Å². The summed E-state index contributed by atoms with van der Waals surface area (Å²) in [7, 11) is 0. The lowest BCUT2D eigenvalue weighted by atomic mass is 9.97. The predicted octanol–water partition coefficient (Wildman–Crippen LogP) is 2.65. The zero-order chi connectivity index (χ0) is 21.0. The Balaban J connectivity index is 1.43. The summed E-state index contributed by atoms with van der Waals surface area (Å²) in [6.45, 7) is 12.6. The van der Waals surface area contributed by atoms with Crippen LogP contribution in [0.15, 0.2) is 18.2 Å². The molecule has 2 atom stereocenters. The number of piperidine rings is 1. The summed E-state index contributed by atoms with van der Waals surface area (Å²) in [5.74, 6) is 0.282. The molecular weight excluding hydrogens is 364 g/mol. The second-order valence-electron chi connectivity index (χ2n) is 8.78. The fourth-order valence-corrected chi connectivity index (χ4v) is 4.57. The first-order valence-electron chi connectivity index (χ1n) is 11.0. The van der Waals surface area contributed by atoms with Crippen LogP contribution in [0.3, 0.4) is 0 Å². The van der Waals surface area contributed by atoms with Crippen LogP contribution >= 0.6 is 0 Å². The number of benzene rings is 1. The summed E-state index contributed by atoms with van der Waals surface area (Å²) in [5.41, 5.74) is 3.19. The molecule has 160 valence electrons. The third-order valence-electron chi connectivity index (χ3n) is 6.55. The fourth-order valence-electron chi connectivity index (χ4n) is 4.57. The number of amides is 2. The van der Waals surface area contributed by atoms with Gasteiger partial charge in [0.15, 0.2) is 0 Å². The number of nitrogens with one attached hydrogen (secondary N) is 1. The number of likely N-dealkylation sites (tertiary alicyclic amines) is 1. The van der Waals surface area contributed by atoms with Gasteiger partial charge in [-0.2, -0.15) is 0 Å². The Morgan fingerprint density at radius 2 is 1.55 bits per heavy atom. The molecule has 1 aromatic carbocycles. The Morgan fingerprint density at radius 3 is 2.17 bits per heavy atom. The molecular formula is C23H36N4O2. The third-order valence-corrected chi connectivity index (χ3v) is 6.55. The molecule has 0 bridgehead atoms. The number of hydrogen-bond donors (Lipinski definition) is 1. The summed E-state index contributed by atoms with van der Waals surface area (Å²) < 4.78 is 0. The number of piperazine rings is 1. The minimum atomic E-state index is 0.0270. The van der Waals surface area contributed by atoms with Crippen molar-refractivity contribution in [1.82, 2.24) is 14.7 Å². The molecule has 6 heteroatoms. The van der Waals surface area contributed by atoms with Crippen molar-refractivity contribution >= 4 is 17.5 Å². The van der Waals surface area contributed by atoms with Crippen LogP contribution in [0, 0.1) is 13.8 Å². The quantitative estimate of drug-likeness (QED) is 0.826. The zero-order valence-corrected chi connectivity index (χ0v) is 18.4. The van der Waals surface area contributed by atoms with E-state index in [0.29, 0.717) is 25.2 Å². The van der Waals surface area contributed by atoms with Gasteiger partial charge in [-0.05, 0) is 64.2 Å². The third kappa shape index (κ3) is 5.58. The van der Waals surface area contributed by atoms with E-state index < -0.39 is 0 Å². The van der Waals surface area contributed by atoms with E-state index in [4.69, 9.17) is 0 Å². The monoisotopic (exact) mass is 400 g/mol. The van der Waals surface area contributed by atoms with Crippen LogP contribution in [0.25, 0.3) is 0 Å². The minimum absolute atomic E-state index is 0.0270.